The summed E-state index contributed by atoms with van der Waals surface area (Å²) in [6.07, 6.45) is 7.29. The minimum atomic E-state index is -1.34. The first-order valence-electron chi connectivity index (χ1n) is 2.72. The largest absolute Gasteiger partial charge is 0.481 e. The summed E-state index contributed by atoms with van der Waals surface area (Å²) in [6.45, 7) is 0. The summed E-state index contributed by atoms with van der Waals surface area (Å²) < 4.78 is 0. The summed E-state index contributed by atoms with van der Waals surface area (Å²) in [6, 6.07) is 0. The Morgan fingerprint density at radius 1 is 1.22 bits per heavy atom. The van der Waals surface area contributed by atoms with Crippen LogP contribution in [0, 0.1) is 0 Å². The van der Waals surface area contributed by atoms with Crippen LogP contribution in [0.5, 0.6) is 0 Å². The molecule has 1 rings (SSSR count). The first-order valence-corrected chi connectivity index (χ1v) is 2.72. The van der Waals surface area contributed by atoms with Crippen molar-refractivity contribution in [2.45, 2.75) is 0 Å². The van der Waals surface area contributed by atoms with E-state index in [4.69, 9.17) is 10.0 Å². The monoisotopic (exact) mass is 122 g/mol. The Kier molecular flexibility index (Phi) is 1.87. The lowest BCUT2D eigenvalue weighted by molar-refractivity contribution is 0.424. The number of rotatable bonds is 1. The van der Waals surface area contributed by atoms with Crippen LogP contribution in [0.15, 0.2) is 35.9 Å². The van der Waals surface area contributed by atoms with Gasteiger partial charge in [-0.2, -0.15) is 0 Å². The molecule has 0 aliphatic heterocycles. The van der Waals surface area contributed by atoms with E-state index in [0.29, 0.717) is 0 Å². The molecule has 2 N–H and O–H groups in total. The maximum atomic E-state index is 8.42. The van der Waals surface area contributed by atoms with Crippen LogP contribution in [0.3, 0.4) is 0 Å². The van der Waals surface area contributed by atoms with Crippen LogP contribution < -0.4 is 0 Å². The molecule has 0 saturated heterocycles. The third-order valence-electron chi connectivity index (χ3n) is 1.03. The van der Waals surface area contributed by atoms with Crippen molar-refractivity contribution in [3.8, 4) is 0 Å². The van der Waals surface area contributed by atoms with Crippen molar-refractivity contribution < 1.29 is 10.0 Å². The summed E-state index contributed by atoms with van der Waals surface area (Å²) >= 11 is 0. The third kappa shape index (κ3) is 1.87. The lowest BCUT2D eigenvalue weighted by atomic mass is 9.89. The molecule has 0 aromatic rings. The highest BCUT2D eigenvalue weighted by molar-refractivity contribution is 6.47. The van der Waals surface area contributed by atoms with Crippen molar-refractivity contribution in [3.63, 3.8) is 0 Å². The standard InChI is InChI=1S/C6H7BO2/c8-7(9)5-6-3-1-2-4-6/h1-5,8-9H. The maximum Gasteiger partial charge on any atom is 0.481 e. The second kappa shape index (κ2) is 2.66. The topological polar surface area (TPSA) is 40.5 Å². The van der Waals surface area contributed by atoms with Gasteiger partial charge in [-0.3, -0.25) is 0 Å². The molecule has 1 aliphatic carbocycles. The van der Waals surface area contributed by atoms with Gasteiger partial charge in [0.15, 0.2) is 0 Å². The summed E-state index contributed by atoms with van der Waals surface area (Å²) in [5, 5.41) is 16.8. The maximum absolute atomic E-state index is 8.42. The molecule has 46 valence electrons. The Morgan fingerprint density at radius 3 is 2.22 bits per heavy atom. The van der Waals surface area contributed by atoms with E-state index in [1.165, 1.54) is 5.98 Å². The molecular formula is C6H7BO2. The summed E-state index contributed by atoms with van der Waals surface area (Å²) in [5.41, 5.74) is 0.838. The molecule has 0 fully saturated rings. The number of allylic oxidation sites excluding steroid dienone is 5. The van der Waals surface area contributed by atoms with Crippen LogP contribution in [-0.4, -0.2) is 17.2 Å². The van der Waals surface area contributed by atoms with Gasteiger partial charge >= 0.3 is 7.12 Å². The van der Waals surface area contributed by atoms with Crippen LogP contribution in [0.25, 0.3) is 0 Å². The molecule has 0 spiro atoms. The molecular weight excluding hydrogens is 115 g/mol. The summed E-state index contributed by atoms with van der Waals surface area (Å²) in [4.78, 5) is 0. The normalized spacial score (nSPS) is 14.7. The van der Waals surface area contributed by atoms with Gasteiger partial charge in [0.2, 0.25) is 0 Å². The lowest BCUT2D eigenvalue weighted by Gasteiger charge is -1.87. The highest BCUT2D eigenvalue weighted by atomic mass is 16.4. The van der Waals surface area contributed by atoms with Crippen molar-refractivity contribution in [2.75, 3.05) is 0 Å². The second-order valence-electron chi connectivity index (χ2n) is 1.80. The Labute approximate surface area is 54.0 Å². The van der Waals surface area contributed by atoms with Gasteiger partial charge < -0.3 is 10.0 Å². The molecule has 0 saturated carbocycles. The zero-order valence-corrected chi connectivity index (χ0v) is 4.86. The summed E-state index contributed by atoms with van der Waals surface area (Å²) in [7, 11) is -1.34. The fourth-order valence-corrected chi connectivity index (χ4v) is 0.672. The predicted octanol–water partition coefficient (Wildman–Crippen LogP) is 0.0508. The van der Waals surface area contributed by atoms with Crippen LogP contribution in [0.1, 0.15) is 0 Å². The van der Waals surface area contributed by atoms with Gasteiger partial charge in [-0.25, -0.2) is 0 Å². The van der Waals surface area contributed by atoms with Crippen molar-refractivity contribution in [2.24, 2.45) is 0 Å². The van der Waals surface area contributed by atoms with Crippen molar-refractivity contribution >= 4 is 7.12 Å². The number of hydrogen-bond acceptors (Lipinski definition) is 2. The lowest BCUT2D eigenvalue weighted by Crippen LogP contribution is -2.06. The molecule has 0 aromatic carbocycles. The second-order valence-corrected chi connectivity index (χ2v) is 1.80. The zero-order chi connectivity index (χ0) is 6.69. The quantitative estimate of drug-likeness (QED) is 0.482. The molecule has 3 heteroatoms. The average Bonchev–Trinajstić information content (AvgIpc) is 2.15. The smallest absolute Gasteiger partial charge is 0.424 e. The van der Waals surface area contributed by atoms with Crippen molar-refractivity contribution in [1.29, 1.82) is 0 Å². The molecule has 2 nitrogen and oxygen atoms in total. The van der Waals surface area contributed by atoms with Crippen molar-refractivity contribution in [1.82, 2.24) is 0 Å². The predicted molar refractivity (Wildman–Crippen MR) is 36.6 cm³/mol. The minimum absolute atomic E-state index is 0.838. The SMILES string of the molecule is OB(O)C=C1C=CC=C1. The van der Waals surface area contributed by atoms with Crippen LogP contribution in [0.2, 0.25) is 0 Å². The van der Waals surface area contributed by atoms with Crippen LogP contribution in [-0.2, 0) is 0 Å². The van der Waals surface area contributed by atoms with Gasteiger partial charge in [0.25, 0.3) is 0 Å². The van der Waals surface area contributed by atoms with E-state index in [-0.39, 0.29) is 0 Å². The number of hydrogen-bond donors (Lipinski definition) is 2. The molecule has 0 radical (unpaired) electrons. The first kappa shape index (κ1) is 6.33. The van der Waals surface area contributed by atoms with Gasteiger partial charge in [0.1, 0.15) is 0 Å². The van der Waals surface area contributed by atoms with E-state index in [1.807, 2.05) is 12.2 Å². The third-order valence-corrected chi connectivity index (χ3v) is 1.03. The van der Waals surface area contributed by atoms with Gasteiger partial charge in [-0.15, -0.1) is 0 Å². The molecule has 1 aliphatic rings. The van der Waals surface area contributed by atoms with E-state index in [1.54, 1.807) is 12.2 Å². The van der Waals surface area contributed by atoms with E-state index in [0.717, 1.165) is 5.57 Å². The highest BCUT2D eigenvalue weighted by Crippen LogP contribution is 2.05. The zero-order valence-electron chi connectivity index (χ0n) is 4.86. The fourth-order valence-electron chi connectivity index (χ4n) is 0.672. The molecule has 0 heterocycles. The Bertz CT molecular complexity index is 165. The molecule has 0 atom stereocenters. The summed E-state index contributed by atoms with van der Waals surface area (Å²) in [5.74, 6) is 1.36. The average molecular weight is 122 g/mol. The molecule has 0 unspecified atom stereocenters. The molecule has 0 aromatic heterocycles. The Hall–Kier alpha value is -0.795. The molecule has 0 amide bonds. The Morgan fingerprint density at radius 2 is 1.78 bits per heavy atom. The van der Waals surface area contributed by atoms with Gasteiger partial charge in [0, 0.05) is 0 Å². The van der Waals surface area contributed by atoms with Crippen molar-refractivity contribution in [3.05, 3.63) is 35.9 Å². The van der Waals surface area contributed by atoms with E-state index < -0.39 is 7.12 Å². The first-order chi connectivity index (χ1) is 4.29. The Balaban J connectivity index is 2.62. The van der Waals surface area contributed by atoms with E-state index >= 15 is 0 Å². The fraction of sp³-hybridized carbons (Fsp3) is 0. The highest BCUT2D eigenvalue weighted by Gasteiger charge is 2.01. The van der Waals surface area contributed by atoms with E-state index in [9.17, 15) is 0 Å². The van der Waals surface area contributed by atoms with Gasteiger partial charge in [0.05, 0.1) is 0 Å². The van der Waals surface area contributed by atoms with Gasteiger partial charge in [-0.1, -0.05) is 24.3 Å². The van der Waals surface area contributed by atoms with Crippen LogP contribution >= 0.6 is 0 Å². The van der Waals surface area contributed by atoms with Crippen LogP contribution in [0.4, 0.5) is 0 Å². The van der Waals surface area contributed by atoms with E-state index in [2.05, 4.69) is 0 Å². The van der Waals surface area contributed by atoms with Gasteiger partial charge in [-0.05, 0) is 11.5 Å². The molecule has 9 heavy (non-hydrogen) atoms. The molecule has 0 bridgehead atoms. The minimum Gasteiger partial charge on any atom is -0.424 e.